The van der Waals surface area contributed by atoms with Gasteiger partial charge in [0.25, 0.3) is 0 Å². The maximum atomic E-state index is 13.3. The Hall–Kier alpha value is -2.44. The van der Waals surface area contributed by atoms with Crippen LogP contribution in [0.2, 0.25) is 0 Å². The van der Waals surface area contributed by atoms with Crippen molar-refractivity contribution in [3.05, 3.63) is 29.6 Å². The van der Waals surface area contributed by atoms with E-state index in [0.29, 0.717) is 30.7 Å². The lowest BCUT2D eigenvalue weighted by Gasteiger charge is -2.11. The number of aromatic nitrogens is 3. The van der Waals surface area contributed by atoms with Crippen molar-refractivity contribution in [2.45, 2.75) is 20.8 Å². The highest BCUT2D eigenvalue weighted by Gasteiger charge is 2.09. The number of hydrogen-bond acceptors (Lipinski definition) is 6. The molecule has 0 saturated carbocycles. The van der Waals surface area contributed by atoms with Gasteiger partial charge < -0.3 is 15.4 Å². The first-order chi connectivity index (χ1) is 10.1. The summed E-state index contributed by atoms with van der Waals surface area (Å²) in [5, 5.41) is 5.99. The van der Waals surface area contributed by atoms with Crippen molar-refractivity contribution >= 4 is 17.6 Å². The molecule has 0 aliphatic carbocycles. The molecular weight excluding hydrogens is 273 g/mol. The summed E-state index contributed by atoms with van der Waals surface area (Å²) in [4.78, 5) is 12.5. The van der Waals surface area contributed by atoms with Crippen LogP contribution in [0.5, 0.6) is 6.01 Å². The first-order valence-electron chi connectivity index (χ1n) is 6.78. The van der Waals surface area contributed by atoms with Crippen LogP contribution in [0.4, 0.5) is 22.0 Å². The van der Waals surface area contributed by atoms with Gasteiger partial charge in [-0.1, -0.05) is 6.07 Å². The van der Waals surface area contributed by atoms with Crippen LogP contribution in [0.1, 0.15) is 19.4 Å². The van der Waals surface area contributed by atoms with Crippen LogP contribution in [0, 0.1) is 12.7 Å². The first-order valence-corrected chi connectivity index (χ1v) is 6.78. The van der Waals surface area contributed by atoms with Gasteiger partial charge in [-0.05, 0) is 38.5 Å². The average molecular weight is 291 g/mol. The van der Waals surface area contributed by atoms with E-state index in [1.54, 1.807) is 6.07 Å². The standard InChI is InChI=1S/C14H18FN5O/c1-4-16-12-18-13(20-14(19-12)21-5-2)17-11-8-10(15)7-6-9(11)3/h6-8H,4-5H2,1-3H3,(H2,16,17,18,19,20). The quantitative estimate of drug-likeness (QED) is 0.852. The topological polar surface area (TPSA) is 72.0 Å². The number of nitrogens with one attached hydrogen (secondary N) is 2. The molecule has 2 rings (SSSR count). The first kappa shape index (κ1) is 15.0. The zero-order valence-corrected chi connectivity index (χ0v) is 12.3. The summed E-state index contributed by atoms with van der Waals surface area (Å²) >= 11 is 0. The number of nitrogens with zero attached hydrogens (tertiary/aromatic N) is 3. The van der Waals surface area contributed by atoms with Crippen molar-refractivity contribution in [2.24, 2.45) is 0 Å². The van der Waals surface area contributed by atoms with Gasteiger partial charge in [-0.2, -0.15) is 15.0 Å². The van der Waals surface area contributed by atoms with Crippen molar-refractivity contribution in [1.82, 2.24) is 15.0 Å². The van der Waals surface area contributed by atoms with Gasteiger partial charge in [0.1, 0.15) is 5.82 Å². The molecule has 2 aromatic rings. The molecule has 0 amide bonds. The predicted octanol–water partition coefficient (Wildman–Crippen LogP) is 2.89. The molecule has 0 bridgehead atoms. The van der Waals surface area contributed by atoms with Gasteiger partial charge in [-0.3, -0.25) is 0 Å². The highest BCUT2D eigenvalue weighted by Crippen LogP contribution is 2.21. The van der Waals surface area contributed by atoms with E-state index in [0.717, 1.165) is 5.56 Å². The number of hydrogen-bond donors (Lipinski definition) is 2. The van der Waals surface area contributed by atoms with E-state index in [1.807, 2.05) is 20.8 Å². The van der Waals surface area contributed by atoms with E-state index in [4.69, 9.17) is 4.74 Å². The molecule has 0 atom stereocenters. The second-order valence-electron chi connectivity index (χ2n) is 4.31. The van der Waals surface area contributed by atoms with Crippen molar-refractivity contribution < 1.29 is 9.13 Å². The molecule has 21 heavy (non-hydrogen) atoms. The molecule has 0 fully saturated rings. The van der Waals surface area contributed by atoms with Gasteiger partial charge in [-0.25, -0.2) is 4.39 Å². The minimum atomic E-state index is -0.325. The van der Waals surface area contributed by atoms with Gasteiger partial charge >= 0.3 is 6.01 Å². The molecule has 0 saturated heterocycles. The van der Waals surface area contributed by atoms with E-state index in [9.17, 15) is 4.39 Å². The molecule has 0 aliphatic rings. The fraction of sp³-hybridized carbons (Fsp3) is 0.357. The van der Waals surface area contributed by atoms with Crippen molar-refractivity contribution in [3.63, 3.8) is 0 Å². The number of halogens is 1. The van der Waals surface area contributed by atoms with E-state index in [-0.39, 0.29) is 11.8 Å². The molecule has 0 unspecified atom stereocenters. The molecule has 7 heteroatoms. The molecule has 0 spiro atoms. The Morgan fingerprint density at radius 1 is 1.14 bits per heavy atom. The van der Waals surface area contributed by atoms with Crippen LogP contribution < -0.4 is 15.4 Å². The van der Waals surface area contributed by atoms with Crippen molar-refractivity contribution in [2.75, 3.05) is 23.8 Å². The van der Waals surface area contributed by atoms with E-state index >= 15 is 0 Å². The van der Waals surface area contributed by atoms with Crippen LogP contribution in [-0.4, -0.2) is 28.1 Å². The second-order valence-corrected chi connectivity index (χ2v) is 4.31. The number of benzene rings is 1. The molecule has 1 aromatic carbocycles. The third-order valence-corrected chi connectivity index (χ3v) is 2.67. The second kappa shape index (κ2) is 6.83. The fourth-order valence-corrected chi connectivity index (χ4v) is 1.69. The zero-order valence-electron chi connectivity index (χ0n) is 12.3. The molecule has 0 aliphatic heterocycles. The van der Waals surface area contributed by atoms with Crippen LogP contribution in [0.15, 0.2) is 18.2 Å². The fourth-order valence-electron chi connectivity index (χ4n) is 1.69. The van der Waals surface area contributed by atoms with Crippen LogP contribution in [0.25, 0.3) is 0 Å². The van der Waals surface area contributed by atoms with Gasteiger partial charge in [0.05, 0.1) is 6.61 Å². The summed E-state index contributed by atoms with van der Waals surface area (Å²) in [5.74, 6) is 0.389. The van der Waals surface area contributed by atoms with Crippen molar-refractivity contribution in [3.8, 4) is 6.01 Å². The Morgan fingerprint density at radius 2 is 1.90 bits per heavy atom. The monoisotopic (exact) mass is 291 g/mol. The summed E-state index contributed by atoms with van der Waals surface area (Å²) < 4.78 is 18.6. The highest BCUT2D eigenvalue weighted by atomic mass is 19.1. The zero-order chi connectivity index (χ0) is 15.2. The van der Waals surface area contributed by atoms with Gasteiger partial charge in [0.2, 0.25) is 11.9 Å². The molecular formula is C14H18FN5O. The SMILES string of the molecule is CCNc1nc(Nc2cc(F)ccc2C)nc(OCC)n1. The van der Waals surface area contributed by atoms with Crippen LogP contribution in [0.3, 0.4) is 0 Å². The average Bonchev–Trinajstić information content (AvgIpc) is 2.43. The van der Waals surface area contributed by atoms with Crippen LogP contribution in [-0.2, 0) is 0 Å². The molecule has 1 heterocycles. The lowest BCUT2D eigenvalue weighted by atomic mass is 10.2. The maximum Gasteiger partial charge on any atom is 0.323 e. The summed E-state index contributed by atoms with van der Waals surface area (Å²) in [6.45, 7) is 6.79. The minimum absolute atomic E-state index is 0.222. The molecule has 6 nitrogen and oxygen atoms in total. The minimum Gasteiger partial charge on any atom is -0.464 e. The van der Waals surface area contributed by atoms with Gasteiger partial charge in [-0.15, -0.1) is 0 Å². The Morgan fingerprint density at radius 3 is 2.62 bits per heavy atom. The molecule has 0 radical (unpaired) electrons. The Balaban J connectivity index is 2.31. The summed E-state index contributed by atoms with van der Waals surface area (Å²) in [6, 6.07) is 4.71. The van der Waals surface area contributed by atoms with E-state index in [2.05, 4.69) is 25.6 Å². The predicted molar refractivity (Wildman–Crippen MR) is 79.6 cm³/mol. The lowest BCUT2D eigenvalue weighted by molar-refractivity contribution is 0.312. The Kier molecular flexibility index (Phi) is 4.86. The van der Waals surface area contributed by atoms with Crippen LogP contribution >= 0.6 is 0 Å². The van der Waals surface area contributed by atoms with Gasteiger partial charge in [0.15, 0.2) is 0 Å². The number of aryl methyl sites for hydroxylation is 1. The third-order valence-electron chi connectivity index (χ3n) is 2.67. The van der Waals surface area contributed by atoms with E-state index < -0.39 is 0 Å². The summed E-state index contributed by atoms with van der Waals surface area (Å²) in [7, 11) is 0. The smallest absolute Gasteiger partial charge is 0.323 e. The Bertz CT molecular complexity index is 596. The van der Waals surface area contributed by atoms with Gasteiger partial charge in [0, 0.05) is 12.2 Å². The maximum absolute atomic E-state index is 13.3. The van der Waals surface area contributed by atoms with Crippen molar-refractivity contribution in [1.29, 1.82) is 0 Å². The largest absolute Gasteiger partial charge is 0.464 e. The summed E-state index contributed by atoms with van der Waals surface area (Å²) in [6.07, 6.45) is 0. The number of rotatable bonds is 6. The Labute approximate surface area is 122 Å². The highest BCUT2D eigenvalue weighted by molar-refractivity contribution is 5.58. The molecule has 2 N–H and O–H groups in total. The number of anilines is 3. The third kappa shape index (κ3) is 4.01. The molecule has 112 valence electrons. The number of ether oxygens (including phenoxy) is 1. The summed E-state index contributed by atoms with van der Waals surface area (Å²) in [5.41, 5.74) is 1.49. The normalized spacial score (nSPS) is 10.3. The lowest BCUT2D eigenvalue weighted by Crippen LogP contribution is -2.09. The molecule has 1 aromatic heterocycles. The van der Waals surface area contributed by atoms with E-state index in [1.165, 1.54) is 12.1 Å².